The fourth-order valence-electron chi connectivity index (χ4n) is 1.45. The van der Waals surface area contributed by atoms with Crippen molar-refractivity contribution in [1.29, 1.82) is 0 Å². The monoisotopic (exact) mass is 270 g/mol. The lowest BCUT2D eigenvalue weighted by Gasteiger charge is -2.21. The summed E-state index contributed by atoms with van der Waals surface area (Å²) >= 11 is 0. The normalized spacial score (nSPS) is 9.74. The van der Waals surface area contributed by atoms with Gasteiger partial charge in [0.05, 0.1) is 23.6 Å². The van der Waals surface area contributed by atoms with Gasteiger partial charge in [0.15, 0.2) is 11.6 Å². The standard InChI is InChI=1S/C11H8F2N2O4/c1-2-3-14(6-10(16)17)11-8(12)4-7(15(18)19)5-9(11)13/h1,4-5H,3,6H2,(H,16,17). The van der Waals surface area contributed by atoms with Gasteiger partial charge >= 0.3 is 5.97 Å². The van der Waals surface area contributed by atoms with Gasteiger partial charge in [0.1, 0.15) is 12.2 Å². The van der Waals surface area contributed by atoms with Crippen LogP contribution in [-0.4, -0.2) is 29.1 Å². The predicted octanol–water partition coefficient (Wildman–Crippen LogP) is 1.40. The molecule has 8 heteroatoms. The number of nitro groups is 1. The van der Waals surface area contributed by atoms with Gasteiger partial charge in [-0.2, -0.15) is 0 Å². The van der Waals surface area contributed by atoms with E-state index in [9.17, 15) is 23.7 Å². The smallest absolute Gasteiger partial charge is 0.323 e. The van der Waals surface area contributed by atoms with Gasteiger partial charge in [-0.15, -0.1) is 6.42 Å². The Morgan fingerprint density at radius 3 is 2.37 bits per heavy atom. The molecule has 100 valence electrons. The molecule has 0 aromatic heterocycles. The molecule has 1 aromatic rings. The first-order valence-corrected chi connectivity index (χ1v) is 4.90. The molecule has 0 radical (unpaired) electrons. The van der Waals surface area contributed by atoms with Crippen molar-refractivity contribution >= 4 is 17.3 Å². The number of carbonyl (C=O) groups is 1. The third kappa shape index (κ3) is 3.38. The summed E-state index contributed by atoms with van der Waals surface area (Å²) < 4.78 is 27.3. The zero-order chi connectivity index (χ0) is 14.6. The van der Waals surface area contributed by atoms with Crippen LogP contribution in [0.15, 0.2) is 12.1 Å². The molecule has 0 atom stereocenters. The second-order valence-electron chi connectivity index (χ2n) is 3.47. The first-order valence-electron chi connectivity index (χ1n) is 4.90. The molecule has 0 spiro atoms. The number of hydrogen-bond acceptors (Lipinski definition) is 4. The Kier molecular flexibility index (Phi) is 4.36. The topological polar surface area (TPSA) is 83.7 Å². The fraction of sp³-hybridized carbons (Fsp3) is 0.182. The number of rotatable bonds is 5. The Hall–Kier alpha value is -2.69. The van der Waals surface area contributed by atoms with Gasteiger partial charge in [0.2, 0.25) is 0 Å². The van der Waals surface area contributed by atoms with E-state index in [0.717, 1.165) is 4.90 Å². The number of aliphatic carboxylic acids is 1. The van der Waals surface area contributed by atoms with Crippen molar-refractivity contribution in [3.8, 4) is 12.3 Å². The Morgan fingerprint density at radius 1 is 1.47 bits per heavy atom. The zero-order valence-electron chi connectivity index (χ0n) is 9.47. The average molecular weight is 270 g/mol. The minimum atomic E-state index is -1.34. The van der Waals surface area contributed by atoms with E-state index in [1.165, 1.54) is 0 Å². The molecule has 0 saturated heterocycles. The number of nitro benzene ring substituents is 1. The van der Waals surface area contributed by atoms with Crippen LogP contribution >= 0.6 is 0 Å². The van der Waals surface area contributed by atoms with E-state index in [-0.39, 0.29) is 6.54 Å². The summed E-state index contributed by atoms with van der Waals surface area (Å²) in [4.78, 5) is 20.8. The van der Waals surface area contributed by atoms with Gasteiger partial charge in [-0.25, -0.2) is 8.78 Å². The Bertz CT molecular complexity index is 545. The van der Waals surface area contributed by atoms with Gasteiger partial charge in [0, 0.05) is 0 Å². The largest absolute Gasteiger partial charge is 0.480 e. The molecule has 0 aliphatic rings. The lowest BCUT2D eigenvalue weighted by Crippen LogP contribution is -2.31. The van der Waals surface area contributed by atoms with Crippen LogP contribution in [0, 0.1) is 34.1 Å². The van der Waals surface area contributed by atoms with Crippen molar-refractivity contribution < 1.29 is 23.6 Å². The molecule has 0 saturated carbocycles. The average Bonchev–Trinajstić information content (AvgIpc) is 2.27. The molecular weight excluding hydrogens is 262 g/mol. The van der Waals surface area contributed by atoms with E-state index < -0.39 is 40.4 Å². The molecule has 0 aliphatic carbocycles. The highest BCUT2D eigenvalue weighted by Gasteiger charge is 2.22. The van der Waals surface area contributed by atoms with Crippen LogP contribution in [0.5, 0.6) is 0 Å². The van der Waals surface area contributed by atoms with Gasteiger partial charge in [-0.3, -0.25) is 14.9 Å². The molecule has 0 bridgehead atoms. The maximum atomic E-state index is 13.6. The quantitative estimate of drug-likeness (QED) is 0.496. The maximum Gasteiger partial charge on any atom is 0.323 e. The first-order chi connectivity index (χ1) is 8.86. The van der Waals surface area contributed by atoms with Gasteiger partial charge in [-0.05, 0) is 0 Å². The molecule has 0 heterocycles. The van der Waals surface area contributed by atoms with Crippen molar-refractivity contribution in [3.05, 3.63) is 33.9 Å². The summed E-state index contributed by atoms with van der Waals surface area (Å²) in [6.45, 7) is -1.08. The van der Waals surface area contributed by atoms with Crippen LogP contribution in [0.25, 0.3) is 0 Å². The second-order valence-corrected chi connectivity index (χ2v) is 3.47. The number of hydrogen-bond donors (Lipinski definition) is 1. The number of carboxylic acid groups (broad SMARTS) is 1. The fourth-order valence-corrected chi connectivity index (χ4v) is 1.45. The number of non-ortho nitro benzene ring substituents is 1. The minimum absolute atomic E-state index is 0.349. The number of halogens is 2. The van der Waals surface area contributed by atoms with Gasteiger partial charge in [0.25, 0.3) is 5.69 Å². The van der Waals surface area contributed by atoms with Gasteiger partial charge in [-0.1, -0.05) is 5.92 Å². The van der Waals surface area contributed by atoms with Crippen LogP contribution in [-0.2, 0) is 4.79 Å². The number of carboxylic acids is 1. The molecule has 6 nitrogen and oxygen atoms in total. The first kappa shape index (κ1) is 14.4. The molecule has 1 aromatic carbocycles. The summed E-state index contributed by atoms with van der Waals surface area (Å²) in [5, 5.41) is 19.1. The molecule has 0 unspecified atom stereocenters. The minimum Gasteiger partial charge on any atom is -0.480 e. The molecule has 1 N–H and O–H groups in total. The van der Waals surface area contributed by atoms with Crippen LogP contribution in [0.2, 0.25) is 0 Å². The zero-order valence-corrected chi connectivity index (χ0v) is 9.47. The van der Waals surface area contributed by atoms with Crippen molar-refractivity contribution in [2.75, 3.05) is 18.0 Å². The van der Waals surface area contributed by atoms with E-state index in [4.69, 9.17) is 11.5 Å². The number of nitrogens with zero attached hydrogens (tertiary/aromatic N) is 2. The van der Waals surface area contributed by atoms with Crippen LogP contribution in [0.3, 0.4) is 0 Å². The highest BCUT2D eigenvalue weighted by atomic mass is 19.1. The van der Waals surface area contributed by atoms with E-state index >= 15 is 0 Å². The van der Waals surface area contributed by atoms with E-state index in [1.54, 1.807) is 0 Å². The Balaban J connectivity index is 3.27. The summed E-state index contributed by atoms with van der Waals surface area (Å²) in [6.07, 6.45) is 4.98. The second kappa shape index (κ2) is 5.77. The van der Waals surface area contributed by atoms with Crippen molar-refractivity contribution in [3.63, 3.8) is 0 Å². The Morgan fingerprint density at radius 2 is 2.00 bits per heavy atom. The number of anilines is 1. The number of terminal acetylenes is 1. The molecular formula is C11H8F2N2O4. The SMILES string of the molecule is C#CCN(CC(=O)O)c1c(F)cc([N+](=O)[O-])cc1F. The molecule has 19 heavy (non-hydrogen) atoms. The van der Waals surface area contributed by atoms with Crippen LogP contribution < -0.4 is 4.90 Å². The van der Waals surface area contributed by atoms with Crippen molar-refractivity contribution in [2.24, 2.45) is 0 Å². The molecule has 1 rings (SSSR count). The highest BCUT2D eigenvalue weighted by Crippen LogP contribution is 2.27. The third-order valence-corrected chi connectivity index (χ3v) is 2.14. The molecule has 0 fully saturated rings. The summed E-state index contributed by atoms with van der Waals surface area (Å²) in [6, 6.07) is 1.01. The van der Waals surface area contributed by atoms with E-state index in [2.05, 4.69) is 5.92 Å². The van der Waals surface area contributed by atoms with E-state index in [1.807, 2.05) is 0 Å². The van der Waals surface area contributed by atoms with Crippen molar-refractivity contribution in [2.45, 2.75) is 0 Å². The number of benzene rings is 1. The third-order valence-electron chi connectivity index (χ3n) is 2.14. The maximum absolute atomic E-state index is 13.6. The lowest BCUT2D eigenvalue weighted by atomic mass is 10.2. The molecule has 0 aliphatic heterocycles. The summed E-state index contributed by atoms with van der Waals surface area (Å²) in [7, 11) is 0. The van der Waals surface area contributed by atoms with Gasteiger partial charge < -0.3 is 10.0 Å². The van der Waals surface area contributed by atoms with Crippen LogP contribution in [0.1, 0.15) is 0 Å². The lowest BCUT2D eigenvalue weighted by molar-refractivity contribution is -0.385. The summed E-state index contributed by atoms with van der Waals surface area (Å²) in [5.41, 5.74) is -1.47. The highest BCUT2D eigenvalue weighted by molar-refractivity contribution is 5.74. The summed E-state index contributed by atoms with van der Waals surface area (Å²) in [5.74, 6) is -1.78. The molecule has 0 amide bonds. The van der Waals surface area contributed by atoms with E-state index in [0.29, 0.717) is 12.1 Å². The Labute approximate surface area is 106 Å². The van der Waals surface area contributed by atoms with Crippen molar-refractivity contribution in [1.82, 2.24) is 0 Å². The predicted molar refractivity (Wildman–Crippen MR) is 61.7 cm³/mol. The van der Waals surface area contributed by atoms with Crippen LogP contribution in [0.4, 0.5) is 20.2 Å².